The van der Waals surface area contributed by atoms with Gasteiger partial charge in [-0.3, -0.25) is 0 Å². The minimum atomic E-state index is 0.344. The van der Waals surface area contributed by atoms with E-state index in [1.54, 1.807) is 0 Å². The van der Waals surface area contributed by atoms with Gasteiger partial charge < -0.3 is 10.3 Å². The molecule has 0 radical (unpaired) electrons. The Hall–Kier alpha value is -1.28. The van der Waals surface area contributed by atoms with E-state index in [4.69, 9.17) is 0 Å². The number of fused-ring (bicyclic) bond motifs is 1. The fourth-order valence-corrected chi connectivity index (χ4v) is 3.10. The first-order chi connectivity index (χ1) is 8.77. The average Bonchev–Trinajstić information content (AvgIpc) is 2.81. The summed E-state index contributed by atoms with van der Waals surface area (Å²) in [7, 11) is 0. The van der Waals surface area contributed by atoms with Gasteiger partial charge in [-0.05, 0) is 31.4 Å². The Morgan fingerprint density at radius 3 is 2.78 bits per heavy atom. The van der Waals surface area contributed by atoms with E-state index in [2.05, 4.69) is 47.7 Å². The van der Waals surface area contributed by atoms with Crippen molar-refractivity contribution in [1.82, 2.24) is 10.3 Å². The van der Waals surface area contributed by atoms with Crippen molar-refractivity contribution in [3.8, 4) is 0 Å². The van der Waals surface area contributed by atoms with Crippen LogP contribution in [-0.4, -0.2) is 10.5 Å². The SMILES string of the molecule is CC1(NCc2c[nH]c3ccccc23)CCCCC1. The average molecular weight is 242 g/mol. The summed E-state index contributed by atoms with van der Waals surface area (Å²) in [6, 6.07) is 8.54. The molecular formula is C16H22N2. The molecule has 2 aromatic rings. The zero-order valence-electron chi connectivity index (χ0n) is 11.1. The van der Waals surface area contributed by atoms with Gasteiger partial charge in [-0.2, -0.15) is 0 Å². The predicted octanol–water partition coefficient (Wildman–Crippen LogP) is 3.98. The summed E-state index contributed by atoms with van der Waals surface area (Å²) in [6.45, 7) is 3.35. The van der Waals surface area contributed by atoms with Crippen LogP contribution in [0.2, 0.25) is 0 Å². The predicted molar refractivity (Wildman–Crippen MR) is 76.6 cm³/mol. The molecule has 1 aromatic carbocycles. The molecule has 2 nitrogen and oxygen atoms in total. The summed E-state index contributed by atoms with van der Waals surface area (Å²) < 4.78 is 0. The summed E-state index contributed by atoms with van der Waals surface area (Å²) in [5.74, 6) is 0. The van der Waals surface area contributed by atoms with Crippen LogP contribution in [0.25, 0.3) is 10.9 Å². The van der Waals surface area contributed by atoms with Crippen molar-refractivity contribution >= 4 is 10.9 Å². The van der Waals surface area contributed by atoms with Crippen molar-refractivity contribution in [2.24, 2.45) is 0 Å². The van der Waals surface area contributed by atoms with E-state index in [0.29, 0.717) is 5.54 Å². The highest BCUT2D eigenvalue weighted by Gasteiger charge is 2.25. The Balaban J connectivity index is 1.73. The van der Waals surface area contributed by atoms with E-state index in [1.165, 1.54) is 48.6 Å². The van der Waals surface area contributed by atoms with E-state index in [0.717, 1.165) is 6.54 Å². The standard InChI is InChI=1S/C16H22N2/c1-16(9-5-2-6-10-16)18-12-13-11-17-15-8-4-3-7-14(13)15/h3-4,7-8,11,17-18H,2,5-6,9-10,12H2,1H3. The molecule has 1 saturated carbocycles. The Morgan fingerprint density at radius 2 is 1.94 bits per heavy atom. The molecule has 0 aliphatic heterocycles. The Labute approximate surface area is 109 Å². The molecule has 1 heterocycles. The summed E-state index contributed by atoms with van der Waals surface area (Å²) in [4.78, 5) is 3.35. The van der Waals surface area contributed by atoms with Crippen molar-refractivity contribution in [2.45, 2.75) is 51.1 Å². The van der Waals surface area contributed by atoms with Crippen molar-refractivity contribution in [2.75, 3.05) is 0 Å². The van der Waals surface area contributed by atoms with Gasteiger partial charge >= 0.3 is 0 Å². The highest BCUT2D eigenvalue weighted by atomic mass is 15.0. The maximum absolute atomic E-state index is 3.77. The third kappa shape index (κ3) is 2.30. The quantitative estimate of drug-likeness (QED) is 0.837. The third-order valence-electron chi connectivity index (χ3n) is 4.34. The smallest absolute Gasteiger partial charge is 0.0457 e. The summed E-state index contributed by atoms with van der Waals surface area (Å²) >= 11 is 0. The van der Waals surface area contributed by atoms with Crippen LogP contribution in [0.5, 0.6) is 0 Å². The lowest BCUT2D eigenvalue weighted by molar-refractivity contribution is 0.253. The molecule has 18 heavy (non-hydrogen) atoms. The number of rotatable bonds is 3. The van der Waals surface area contributed by atoms with Gasteiger partial charge in [0.25, 0.3) is 0 Å². The second-order valence-corrected chi connectivity index (χ2v) is 5.83. The van der Waals surface area contributed by atoms with E-state index < -0.39 is 0 Å². The van der Waals surface area contributed by atoms with Crippen molar-refractivity contribution in [1.29, 1.82) is 0 Å². The van der Waals surface area contributed by atoms with Crippen LogP contribution in [0.4, 0.5) is 0 Å². The van der Waals surface area contributed by atoms with Crippen LogP contribution in [0.15, 0.2) is 30.5 Å². The highest BCUT2D eigenvalue weighted by Crippen LogP contribution is 2.28. The normalized spacial score (nSPS) is 19.2. The van der Waals surface area contributed by atoms with Gasteiger partial charge in [0.05, 0.1) is 0 Å². The topological polar surface area (TPSA) is 27.8 Å². The number of hydrogen-bond acceptors (Lipinski definition) is 1. The lowest BCUT2D eigenvalue weighted by Crippen LogP contribution is -2.43. The number of para-hydroxylation sites is 1. The second kappa shape index (κ2) is 4.77. The van der Waals surface area contributed by atoms with Crippen LogP contribution in [0.3, 0.4) is 0 Å². The van der Waals surface area contributed by atoms with E-state index in [1.807, 2.05) is 0 Å². The third-order valence-corrected chi connectivity index (χ3v) is 4.34. The first kappa shape index (κ1) is 11.8. The molecule has 3 rings (SSSR count). The molecule has 0 unspecified atom stereocenters. The van der Waals surface area contributed by atoms with Gasteiger partial charge in [0.1, 0.15) is 0 Å². The lowest BCUT2D eigenvalue weighted by atomic mass is 9.83. The van der Waals surface area contributed by atoms with Crippen LogP contribution in [0.1, 0.15) is 44.6 Å². The van der Waals surface area contributed by atoms with Gasteiger partial charge in [-0.25, -0.2) is 0 Å². The van der Waals surface area contributed by atoms with Gasteiger partial charge in [-0.1, -0.05) is 37.5 Å². The number of H-pyrrole nitrogens is 1. The molecule has 1 fully saturated rings. The van der Waals surface area contributed by atoms with Crippen molar-refractivity contribution < 1.29 is 0 Å². The van der Waals surface area contributed by atoms with Crippen molar-refractivity contribution in [3.63, 3.8) is 0 Å². The molecule has 0 atom stereocenters. The van der Waals surface area contributed by atoms with Crippen LogP contribution in [0, 0.1) is 0 Å². The molecule has 2 N–H and O–H groups in total. The Kier molecular flexibility index (Phi) is 3.13. The molecular weight excluding hydrogens is 220 g/mol. The monoisotopic (exact) mass is 242 g/mol. The summed E-state index contributed by atoms with van der Waals surface area (Å²) in [6.07, 6.45) is 8.92. The Bertz CT molecular complexity index is 521. The number of nitrogens with one attached hydrogen (secondary N) is 2. The van der Waals surface area contributed by atoms with E-state index in [9.17, 15) is 0 Å². The van der Waals surface area contributed by atoms with Gasteiger partial charge in [0.2, 0.25) is 0 Å². The second-order valence-electron chi connectivity index (χ2n) is 5.83. The number of aromatic nitrogens is 1. The maximum Gasteiger partial charge on any atom is 0.0457 e. The van der Waals surface area contributed by atoms with Gasteiger partial charge in [-0.15, -0.1) is 0 Å². The number of aromatic amines is 1. The van der Waals surface area contributed by atoms with Gasteiger partial charge in [0, 0.05) is 29.2 Å². The lowest BCUT2D eigenvalue weighted by Gasteiger charge is -2.34. The van der Waals surface area contributed by atoms with Crippen LogP contribution >= 0.6 is 0 Å². The van der Waals surface area contributed by atoms with E-state index in [-0.39, 0.29) is 0 Å². The fraction of sp³-hybridized carbons (Fsp3) is 0.500. The largest absolute Gasteiger partial charge is 0.361 e. The fourth-order valence-electron chi connectivity index (χ4n) is 3.10. The molecule has 0 amide bonds. The summed E-state index contributed by atoms with van der Waals surface area (Å²) in [5.41, 5.74) is 2.97. The number of benzene rings is 1. The molecule has 1 aliphatic rings. The molecule has 0 saturated heterocycles. The molecule has 2 heteroatoms. The minimum Gasteiger partial charge on any atom is -0.361 e. The van der Waals surface area contributed by atoms with Gasteiger partial charge in [0.15, 0.2) is 0 Å². The maximum atomic E-state index is 3.77. The summed E-state index contributed by atoms with van der Waals surface area (Å²) in [5, 5.41) is 5.12. The Morgan fingerprint density at radius 1 is 1.17 bits per heavy atom. The molecule has 0 spiro atoms. The molecule has 96 valence electrons. The zero-order chi connectivity index (χ0) is 12.4. The van der Waals surface area contributed by atoms with Crippen LogP contribution < -0.4 is 5.32 Å². The highest BCUT2D eigenvalue weighted by molar-refractivity contribution is 5.82. The van der Waals surface area contributed by atoms with Crippen LogP contribution in [-0.2, 0) is 6.54 Å². The van der Waals surface area contributed by atoms with Crippen molar-refractivity contribution in [3.05, 3.63) is 36.0 Å². The number of hydrogen-bond donors (Lipinski definition) is 2. The zero-order valence-corrected chi connectivity index (χ0v) is 11.1. The van der Waals surface area contributed by atoms with E-state index >= 15 is 0 Å². The molecule has 0 bridgehead atoms. The first-order valence-corrected chi connectivity index (χ1v) is 7.07. The minimum absolute atomic E-state index is 0.344. The first-order valence-electron chi connectivity index (χ1n) is 7.07. The molecule has 1 aromatic heterocycles. The molecule has 1 aliphatic carbocycles.